The van der Waals surface area contributed by atoms with Crippen LogP contribution >= 0.6 is 0 Å². The van der Waals surface area contributed by atoms with Crippen molar-refractivity contribution in [3.8, 4) is 0 Å². The molecule has 1 aromatic heterocycles. The van der Waals surface area contributed by atoms with Crippen LogP contribution in [0.15, 0.2) is 0 Å². The number of nitrogens with one attached hydrogen (secondary N) is 2. The number of amides is 2. The minimum atomic E-state index is -0.282. The van der Waals surface area contributed by atoms with Crippen LogP contribution in [0.4, 0.5) is 0 Å². The molecule has 2 unspecified atom stereocenters. The summed E-state index contributed by atoms with van der Waals surface area (Å²) in [6.45, 7) is 3.80. The second-order valence-electron chi connectivity index (χ2n) is 7.15. The Morgan fingerprint density at radius 3 is 2.62 bits per heavy atom. The molecule has 0 spiro atoms. The molecular formula is C17H27N5O2. The molecule has 1 aliphatic carbocycles. The lowest BCUT2D eigenvalue weighted by Crippen LogP contribution is -2.39. The van der Waals surface area contributed by atoms with Gasteiger partial charge >= 0.3 is 0 Å². The van der Waals surface area contributed by atoms with Crippen molar-refractivity contribution in [3.63, 3.8) is 0 Å². The summed E-state index contributed by atoms with van der Waals surface area (Å²) >= 11 is 0. The molecule has 2 N–H and O–H groups in total. The van der Waals surface area contributed by atoms with Crippen molar-refractivity contribution in [1.29, 1.82) is 0 Å². The van der Waals surface area contributed by atoms with Crippen molar-refractivity contribution in [2.24, 2.45) is 11.8 Å². The van der Waals surface area contributed by atoms with E-state index in [0.717, 1.165) is 31.8 Å². The van der Waals surface area contributed by atoms with Gasteiger partial charge in [0.1, 0.15) is 5.82 Å². The molecule has 2 fully saturated rings. The van der Waals surface area contributed by atoms with E-state index in [1.54, 1.807) is 7.05 Å². The van der Waals surface area contributed by atoms with Gasteiger partial charge in [-0.15, -0.1) is 5.10 Å². The average molecular weight is 333 g/mol. The molecule has 0 bridgehead atoms. The van der Waals surface area contributed by atoms with Gasteiger partial charge in [-0.25, -0.2) is 4.98 Å². The van der Waals surface area contributed by atoms with Gasteiger partial charge in [-0.3, -0.25) is 14.7 Å². The van der Waals surface area contributed by atoms with Gasteiger partial charge in [0.25, 0.3) is 5.91 Å². The summed E-state index contributed by atoms with van der Waals surface area (Å²) in [5, 5.41) is 9.36. The van der Waals surface area contributed by atoms with Crippen molar-refractivity contribution in [2.75, 3.05) is 20.1 Å². The van der Waals surface area contributed by atoms with E-state index in [1.165, 1.54) is 19.3 Å². The number of hydrogen-bond donors (Lipinski definition) is 2. The molecule has 0 radical (unpaired) electrons. The molecule has 1 aliphatic heterocycles. The highest BCUT2D eigenvalue weighted by Gasteiger charge is 2.30. The third-order valence-corrected chi connectivity index (χ3v) is 5.64. The van der Waals surface area contributed by atoms with Crippen molar-refractivity contribution in [3.05, 3.63) is 11.6 Å². The predicted octanol–water partition coefficient (Wildman–Crippen LogP) is 1.70. The van der Waals surface area contributed by atoms with Gasteiger partial charge in [0.15, 0.2) is 0 Å². The fraction of sp³-hybridized carbons (Fsp3) is 0.765. The summed E-state index contributed by atoms with van der Waals surface area (Å²) in [5.74, 6) is 2.45. The zero-order valence-corrected chi connectivity index (χ0v) is 14.5. The fourth-order valence-electron chi connectivity index (χ4n) is 3.95. The Hall–Kier alpha value is -1.92. The second-order valence-corrected chi connectivity index (χ2v) is 7.15. The molecule has 3 rings (SSSR count). The summed E-state index contributed by atoms with van der Waals surface area (Å²) < 4.78 is 0. The van der Waals surface area contributed by atoms with E-state index in [2.05, 4.69) is 27.4 Å². The normalized spacial score (nSPS) is 25.0. The quantitative estimate of drug-likeness (QED) is 0.877. The van der Waals surface area contributed by atoms with Crippen LogP contribution in [0, 0.1) is 11.8 Å². The van der Waals surface area contributed by atoms with E-state index in [0.29, 0.717) is 24.2 Å². The van der Waals surface area contributed by atoms with Crippen LogP contribution in [-0.2, 0) is 4.79 Å². The number of aromatic amines is 1. The van der Waals surface area contributed by atoms with Crippen LogP contribution in [0.2, 0.25) is 0 Å². The largest absolute Gasteiger partial charge is 0.352 e. The number of piperidine rings is 1. The maximum absolute atomic E-state index is 12.5. The van der Waals surface area contributed by atoms with Crippen LogP contribution in [0.5, 0.6) is 0 Å². The van der Waals surface area contributed by atoms with Crippen LogP contribution in [0.3, 0.4) is 0 Å². The lowest BCUT2D eigenvalue weighted by atomic mass is 9.92. The smallest absolute Gasteiger partial charge is 0.290 e. The van der Waals surface area contributed by atoms with Crippen molar-refractivity contribution in [2.45, 2.75) is 51.4 Å². The summed E-state index contributed by atoms with van der Waals surface area (Å²) in [5.41, 5.74) is 0. The van der Waals surface area contributed by atoms with Crippen LogP contribution in [0.1, 0.15) is 67.8 Å². The van der Waals surface area contributed by atoms with Gasteiger partial charge in [-0.1, -0.05) is 19.8 Å². The Labute approximate surface area is 142 Å². The van der Waals surface area contributed by atoms with Crippen LogP contribution in [0.25, 0.3) is 0 Å². The number of aromatic nitrogens is 3. The average Bonchev–Trinajstić information content (AvgIpc) is 3.24. The highest BCUT2D eigenvalue weighted by atomic mass is 16.2. The summed E-state index contributed by atoms with van der Waals surface area (Å²) in [6, 6.07) is 0. The molecule has 0 aromatic carbocycles. The minimum Gasteiger partial charge on any atom is -0.352 e. The molecule has 2 amide bonds. The molecular weight excluding hydrogens is 306 g/mol. The first-order valence-corrected chi connectivity index (χ1v) is 9.00. The van der Waals surface area contributed by atoms with Gasteiger partial charge < -0.3 is 10.2 Å². The van der Waals surface area contributed by atoms with E-state index >= 15 is 0 Å². The van der Waals surface area contributed by atoms with Crippen LogP contribution in [-0.4, -0.2) is 52.0 Å². The lowest BCUT2D eigenvalue weighted by molar-refractivity contribution is -0.133. The summed E-state index contributed by atoms with van der Waals surface area (Å²) in [6.07, 6.45) is 6.17. The van der Waals surface area contributed by atoms with E-state index < -0.39 is 0 Å². The lowest BCUT2D eigenvalue weighted by Gasteiger charge is -2.32. The monoisotopic (exact) mass is 333 g/mol. The molecule has 1 aromatic rings. The number of H-pyrrole nitrogens is 1. The predicted molar refractivity (Wildman–Crippen MR) is 89.4 cm³/mol. The molecule has 7 nitrogen and oxygen atoms in total. The molecule has 132 valence electrons. The maximum atomic E-state index is 12.5. The molecule has 7 heteroatoms. The van der Waals surface area contributed by atoms with Gasteiger partial charge in [0.05, 0.1) is 0 Å². The molecule has 24 heavy (non-hydrogen) atoms. The van der Waals surface area contributed by atoms with Gasteiger partial charge in [0, 0.05) is 32.5 Å². The number of hydrogen-bond acceptors (Lipinski definition) is 4. The third kappa shape index (κ3) is 3.60. The first-order chi connectivity index (χ1) is 11.6. The zero-order chi connectivity index (χ0) is 17.1. The highest BCUT2D eigenvalue weighted by molar-refractivity contribution is 5.90. The molecule has 2 heterocycles. The first-order valence-electron chi connectivity index (χ1n) is 9.00. The number of carbonyl (C=O) groups excluding carboxylic acids is 2. The molecule has 2 atom stereocenters. The second kappa shape index (κ2) is 7.32. The number of carbonyl (C=O) groups is 2. The number of nitrogens with zero attached hydrogens (tertiary/aromatic N) is 3. The fourth-order valence-corrected chi connectivity index (χ4v) is 3.95. The standard InChI is InChI=1S/C17H27N5O2/c1-11-4-3-5-13(11)10-14(23)22-8-6-12(7-9-22)15-19-16(21-20-15)17(24)18-2/h11-13H,3-10H2,1-2H3,(H,18,24)(H,19,20,21). The van der Waals surface area contributed by atoms with Gasteiger partial charge in [-0.05, 0) is 31.1 Å². The summed E-state index contributed by atoms with van der Waals surface area (Å²) in [4.78, 5) is 30.3. The van der Waals surface area contributed by atoms with E-state index in [9.17, 15) is 9.59 Å². The number of likely N-dealkylation sites (tertiary alicyclic amines) is 1. The third-order valence-electron chi connectivity index (χ3n) is 5.64. The maximum Gasteiger partial charge on any atom is 0.290 e. The Balaban J connectivity index is 1.51. The van der Waals surface area contributed by atoms with E-state index in [1.807, 2.05) is 4.90 Å². The van der Waals surface area contributed by atoms with Crippen molar-refractivity contribution < 1.29 is 9.59 Å². The molecule has 2 aliphatic rings. The Morgan fingerprint density at radius 2 is 2.00 bits per heavy atom. The van der Waals surface area contributed by atoms with Crippen molar-refractivity contribution >= 4 is 11.8 Å². The zero-order valence-electron chi connectivity index (χ0n) is 14.5. The Kier molecular flexibility index (Phi) is 5.16. The van der Waals surface area contributed by atoms with E-state index in [4.69, 9.17) is 0 Å². The van der Waals surface area contributed by atoms with Gasteiger partial charge in [0.2, 0.25) is 11.7 Å². The van der Waals surface area contributed by atoms with Crippen LogP contribution < -0.4 is 5.32 Å². The highest BCUT2D eigenvalue weighted by Crippen LogP contribution is 2.34. The molecule has 1 saturated heterocycles. The van der Waals surface area contributed by atoms with Gasteiger partial charge in [-0.2, -0.15) is 0 Å². The first kappa shape index (κ1) is 16.9. The minimum absolute atomic E-state index is 0.182. The topological polar surface area (TPSA) is 91.0 Å². The number of rotatable bonds is 4. The summed E-state index contributed by atoms with van der Waals surface area (Å²) in [7, 11) is 1.56. The van der Waals surface area contributed by atoms with Crippen molar-refractivity contribution in [1.82, 2.24) is 25.4 Å². The van der Waals surface area contributed by atoms with E-state index in [-0.39, 0.29) is 17.6 Å². The Morgan fingerprint density at radius 1 is 1.25 bits per heavy atom. The SMILES string of the molecule is CNC(=O)c1n[nH]c(C2CCN(C(=O)CC3CCCC3C)CC2)n1. The Bertz CT molecular complexity index is 592. The molecule has 1 saturated carbocycles.